The van der Waals surface area contributed by atoms with Gasteiger partial charge in [0.25, 0.3) is 0 Å². The van der Waals surface area contributed by atoms with Crippen LogP contribution in [0.25, 0.3) is 0 Å². The van der Waals surface area contributed by atoms with E-state index in [4.69, 9.17) is 10.5 Å². The van der Waals surface area contributed by atoms with Crippen LogP contribution in [0.15, 0.2) is 18.5 Å². The zero-order valence-corrected chi connectivity index (χ0v) is 15.9. The number of aromatic nitrogens is 5. The first-order valence-corrected chi connectivity index (χ1v) is 9.65. The van der Waals surface area contributed by atoms with Gasteiger partial charge in [0.1, 0.15) is 11.6 Å². The standard InChI is InChI=1S/C18H28N8O/c1-27-10-9-26-16(22-23-17(26)14-11-15(19)12-14)13-24-5-7-25(8-6-24)18-20-3-2-4-21-18/h2-4,14-15H,5-13,19H2,1H3. The Morgan fingerprint density at radius 2 is 1.85 bits per heavy atom. The lowest BCUT2D eigenvalue weighted by atomic mass is 9.80. The second-order valence-corrected chi connectivity index (χ2v) is 7.36. The van der Waals surface area contributed by atoms with Crippen LogP contribution in [0, 0.1) is 0 Å². The van der Waals surface area contributed by atoms with Gasteiger partial charge in [-0.15, -0.1) is 10.2 Å². The number of nitrogens with two attached hydrogens (primary N) is 1. The Morgan fingerprint density at radius 1 is 1.11 bits per heavy atom. The molecule has 1 saturated carbocycles. The monoisotopic (exact) mass is 372 g/mol. The number of anilines is 1. The van der Waals surface area contributed by atoms with Gasteiger partial charge < -0.3 is 19.9 Å². The van der Waals surface area contributed by atoms with E-state index < -0.39 is 0 Å². The fraction of sp³-hybridized carbons (Fsp3) is 0.667. The van der Waals surface area contributed by atoms with Gasteiger partial charge in [-0.3, -0.25) is 4.90 Å². The summed E-state index contributed by atoms with van der Waals surface area (Å²) in [7, 11) is 1.73. The van der Waals surface area contributed by atoms with Crippen LogP contribution in [0.5, 0.6) is 0 Å². The Morgan fingerprint density at radius 3 is 2.52 bits per heavy atom. The minimum absolute atomic E-state index is 0.305. The lowest BCUT2D eigenvalue weighted by Gasteiger charge is -2.34. The molecule has 1 aliphatic carbocycles. The summed E-state index contributed by atoms with van der Waals surface area (Å²) >= 11 is 0. The summed E-state index contributed by atoms with van der Waals surface area (Å²) in [6, 6.07) is 2.15. The van der Waals surface area contributed by atoms with E-state index in [9.17, 15) is 0 Å². The Kier molecular flexibility index (Phi) is 5.61. The molecule has 4 rings (SSSR count). The van der Waals surface area contributed by atoms with E-state index in [-0.39, 0.29) is 0 Å². The number of hydrogen-bond donors (Lipinski definition) is 1. The Hall–Kier alpha value is -2.10. The molecular formula is C18H28N8O. The summed E-state index contributed by atoms with van der Waals surface area (Å²) < 4.78 is 7.54. The third-order valence-corrected chi connectivity index (χ3v) is 5.49. The number of hydrogen-bond acceptors (Lipinski definition) is 8. The minimum atomic E-state index is 0.305. The highest BCUT2D eigenvalue weighted by Crippen LogP contribution is 2.35. The molecule has 0 atom stereocenters. The molecule has 0 bridgehead atoms. The Bertz CT molecular complexity index is 722. The van der Waals surface area contributed by atoms with Crippen molar-refractivity contribution >= 4 is 5.95 Å². The van der Waals surface area contributed by atoms with Crippen molar-refractivity contribution in [2.75, 3.05) is 44.8 Å². The molecular weight excluding hydrogens is 344 g/mol. The summed E-state index contributed by atoms with van der Waals surface area (Å²) in [4.78, 5) is 13.3. The lowest BCUT2D eigenvalue weighted by molar-refractivity contribution is 0.179. The SMILES string of the molecule is COCCn1c(CN2CCN(c3ncccn3)CC2)nnc1C1CC(N)C1. The van der Waals surface area contributed by atoms with Crippen molar-refractivity contribution < 1.29 is 4.74 Å². The van der Waals surface area contributed by atoms with Crippen LogP contribution in [0.2, 0.25) is 0 Å². The smallest absolute Gasteiger partial charge is 0.225 e. The maximum Gasteiger partial charge on any atom is 0.225 e. The van der Waals surface area contributed by atoms with Gasteiger partial charge >= 0.3 is 0 Å². The van der Waals surface area contributed by atoms with Crippen molar-refractivity contribution in [2.24, 2.45) is 5.73 Å². The van der Waals surface area contributed by atoms with Crippen molar-refractivity contribution in [3.8, 4) is 0 Å². The van der Waals surface area contributed by atoms with Crippen molar-refractivity contribution in [3.05, 3.63) is 30.1 Å². The summed E-state index contributed by atoms with van der Waals surface area (Å²) in [5.74, 6) is 3.33. The number of methoxy groups -OCH3 is 1. The van der Waals surface area contributed by atoms with Crippen LogP contribution >= 0.6 is 0 Å². The molecule has 27 heavy (non-hydrogen) atoms. The highest BCUT2D eigenvalue weighted by atomic mass is 16.5. The molecule has 2 fully saturated rings. The van der Waals surface area contributed by atoms with Gasteiger partial charge in [-0.1, -0.05) is 0 Å². The number of rotatable bonds is 7. The van der Waals surface area contributed by atoms with Crippen LogP contribution < -0.4 is 10.6 Å². The third-order valence-electron chi connectivity index (χ3n) is 5.49. The average Bonchev–Trinajstić information content (AvgIpc) is 3.07. The van der Waals surface area contributed by atoms with Gasteiger partial charge in [-0.2, -0.15) is 0 Å². The molecule has 2 aromatic heterocycles. The molecule has 2 N–H and O–H groups in total. The number of piperazine rings is 1. The van der Waals surface area contributed by atoms with Gasteiger partial charge in [-0.25, -0.2) is 9.97 Å². The molecule has 0 aromatic carbocycles. The first-order valence-electron chi connectivity index (χ1n) is 9.65. The Labute approximate surface area is 159 Å². The molecule has 0 spiro atoms. The zero-order valence-electron chi connectivity index (χ0n) is 15.9. The second-order valence-electron chi connectivity index (χ2n) is 7.36. The maximum atomic E-state index is 5.97. The molecule has 2 aromatic rings. The molecule has 146 valence electrons. The van der Waals surface area contributed by atoms with Crippen molar-refractivity contribution in [1.82, 2.24) is 29.6 Å². The highest BCUT2D eigenvalue weighted by Gasteiger charge is 2.32. The van der Waals surface area contributed by atoms with Gasteiger partial charge in [0.15, 0.2) is 0 Å². The third kappa shape index (κ3) is 4.10. The van der Waals surface area contributed by atoms with Crippen molar-refractivity contribution in [2.45, 2.75) is 37.9 Å². The van der Waals surface area contributed by atoms with E-state index in [0.29, 0.717) is 18.6 Å². The van der Waals surface area contributed by atoms with Gasteiger partial charge in [0.2, 0.25) is 5.95 Å². The van der Waals surface area contributed by atoms with Crippen LogP contribution in [-0.4, -0.2) is 75.6 Å². The average molecular weight is 372 g/mol. The van der Waals surface area contributed by atoms with E-state index in [2.05, 4.69) is 34.5 Å². The van der Waals surface area contributed by atoms with Gasteiger partial charge in [0.05, 0.1) is 13.2 Å². The first-order chi connectivity index (χ1) is 13.2. The summed E-state index contributed by atoms with van der Waals surface area (Å²) in [6.07, 6.45) is 5.59. The highest BCUT2D eigenvalue weighted by molar-refractivity contribution is 5.29. The van der Waals surface area contributed by atoms with Crippen LogP contribution in [0.3, 0.4) is 0 Å². The molecule has 3 heterocycles. The number of ether oxygens (including phenoxy) is 1. The largest absolute Gasteiger partial charge is 0.383 e. The molecule has 0 amide bonds. The van der Waals surface area contributed by atoms with E-state index in [0.717, 1.165) is 69.7 Å². The van der Waals surface area contributed by atoms with E-state index in [1.165, 1.54) is 0 Å². The molecule has 0 unspecified atom stereocenters. The van der Waals surface area contributed by atoms with E-state index in [1.54, 1.807) is 19.5 Å². The second kappa shape index (κ2) is 8.28. The number of nitrogens with zero attached hydrogens (tertiary/aromatic N) is 7. The topological polar surface area (TPSA) is 98.2 Å². The Balaban J connectivity index is 1.39. The molecule has 0 radical (unpaired) electrons. The predicted octanol–water partition coefficient (Wildman–Crippen LogP) is 0.241. The maximum absolute atomic E-state index is 5.97. The molecule has 9 heteroatoms. The van der Waals surface area contributed by atoms with Crippen LogP contribution in [0.1, 0.15) is 30.4 Å². The fourth-order valence-electron chi connectivity index (χ4n) is 3.83. The van der Waals surface area contributed by atoms with Crippen LogP contribution in [-0.2, 0) is 17.8 Å². The van der Waals surface area contributed by atoms with Crippen molar-refractivity contribution in [3.63, 3.8) is 0 Å². The molecule has 9 nitrogen and oxygen atoms in total. The lowest BCUT2D eigenvalue weighted by Crippen LogP contribution is -2.46. The minimum Gasteiger partial charge on any atom is -0.383 e. The summed E-state index contributed by atoms with van der Waals surface area (Å²) in [6.45, 7) is 6.01. The van der Waals surface area contributed by atoms with Gasteiger partial charge in [-0.05, 0) is 18.9 Å². The van der Waals surface area contributed by atoms with Crippen molar-refractivity contribution in [1.29, 1.82) is 0 Å². The normalized spacial score (nSPS) is 23.4. The molecule has 1 saturated heterocycles. The zero-order chi connectivity index (χ0) is 18.6. The summed E-state index contributed by atoms with van der Waals surface area (Å²) in [5.41, 5.74) is 5.97. The van der Waals surface area contributed by atoms with Gasteiger partial charge in [0, 0.05) is 64.2 Å². The van der Waals surface area contributed by atoms with Crippen LogP contribution in [0.4, 0.5) is 5.95 Å². The first kappa shape index (κ1) is 18.3. The molecule has 2 aliphatic rings. The quantitative estimate of drug-likeness (QED) is 0.738. The summed E-state index contributed by atoms with van der Waals surface area (Å²) in [5, 5.41) is 9.00. The van der Waals surface area contributed by atoms with E-state index in [1.807, 2.05) is 6.07 Å². The van der Waals surface area contributed by atoms with E-state index >= 15 is 0 Å². The molecule has 1 aliphatic heterocycles. The fourth-order valence-corrected chi connectivity index (χ4v) is 3.83. The predicted molar refractivity (Wildman–Crippen MR) is 101 cm³/mol.